The Balaban J connectivity index is 1.40. The molecule has 2 atom stereocenters. The molecule has 2 heterocycles. The van der Waals surface area contributed by atoms with Crippen molar-refractivity contribution in [2.45, 2.75) is 51.2 Å². The molecule has 0 radical (unpaired) electrons. The minimum Gasteiger partial charge on any atom is -0.444 e. The van der Waals surface area contributed by atoms with Crippen molar-refractivity contribution < 1.29 is 14.3 Å². The number of carbonyl (C=O) groups excluding carboxylic acids is 2. The predicted molar refractivity (Wildman–Crippen MR) is 130 cm³/mol. The zero-order chi connectivity index (χ0) is 23.4. The van der Waals surface area contributed by atoms with E-state index in [1.807, 2.05) is 57.2 Å². The summed E-state index contributed by atoms with van der Waals surface area (Å²) in [6.45, 7) is 8.30. The average molecular weight is 450 g/mol. The maximum absolute atomic E-state index is 13.4. The van der Waals surface area contributed by atoms with Gasteiger partial charge in [-0.15, -0.1) is 0 Å². The van der Waals surface area contributed by atoms with Crippen molar-refractivity contribution in [3.05, 3.63) is 66.2 Å². The minimum atomic E-state index is -0.563. The molecule has 33 heavy (non-hydrogen) atoms. The van der Waals surface area contributed by atoms with Gasteiger partial charge in [0.2, 0.25) is 5.91 Å². The van der Waals surface area contributed by atoms with Crippen LogP contribution in [-0.4, -0.2) is 54.7 Å². The number of hydrogen-bond donors (Lipinski definition) is 1. The highest BCUT2D eigenvalue weighted by Gasteiger charge is 2.42. The Bertz CT molecular complexity index is 934. The van der Waals surface area contributed by atoms with Crippen molar-refractivity contribution in [3.8, 4) is 0 Å². The van der Waals surface area contributed by atoms with E-state index in [4.69, 9.17) is 4.74 Å². The number of likely N-dealkylation sites (tertiary alicyclic amines) is 1. The first-order valence-electron chi connectivity index (χ1n) is 11.9. The number of amides is 2. The second-order valence-electron chi connectivity index (χ2n) is 10.1. The summed E-state index contributed by atoms with van der Waals surface area (Å²) < 4.78 is 5.59. The number of hydrogen-bond acceptors (Lipinski definition) is 4. The van der Waals surface area contributed by atoms with E-state index in [1.54, 1.807) is 4.90 Å². The number of nitrogens with zero attached hydrogens (tertiary/aromatic N) is 2. The van der Waals surface area contributed by atoms with Gasteiger partial charge in [-0.1, -0.05) is 48.5 Å². The van der Waals surface area contributed by atoms with Gasteiger partial charge in [-0.25, -0.2) is 4.79 Å². The van der Waals surface area contributed by atoms with E-state index in [2.05, 4.69) is 34.5 Å². The number of rotatable bonds is 4. The molecule has 6 nitrogen and oxygen atoms in total. The summed E-state index contributed by atoms with van der Waals surface area (Å²) in [5.74, 6) is -0.289. The van der Waals surface area contributed by atoms with Crippen LogP contribution in [0.1, 0.15) is 45.1 Å². The number of anilines is 1. The van der Waals surface area contributed by atoms with Crippen molar-refractivity contribution in [2.75, 3.05) is 31.1 Å². The van der Waals surface area contributed by atoms with Gasteiger partial charge in [-0.2, -0.15) is 0 Å². The summed E-state index contributed by atoms with van der Waals surface area (Å²) in [6, 6.07) is 20.6. The molecule has 2 aliphatic rings. The third kappa shape index (κ3) is 5.86. The van der Waals surface area contributed by atoms with Crippen LogP contribution >= 0.6 is 0 Å². The van der Waals surface area contributed by atoms with Crippen LogP contribution in [0.15, 0.2) is 60.7 Å². The molecular formula is C27H35N3O3. The molecule has 0 unspecified atom stereocenters. The molecule has 2 amide bonds. The number of benzene rings is 2. The fourth-order valence-corrected chi connectivity index (χ4v) is 4.81. The van der Waals surface area contributed by atoms with Gasteiger partial charge in [-0.3, -0.25) is 4.79 Å². The molecule has 2 aromatic carbocycles. The van der Waals surface area contributed by atoms with Crippen LogP contribution < -0.4 is 10.2 Å². The fourth-order valence-electron chi connectivity index (χ4n) is 4.81. The molecule has 2 aromatic rings. The molecule has 0 saturated carbocycles. The second-order valence-corrected chi connectivity index (χ2v) is 10.1. The molecule has 6 heteroatoms. The number of carbonyl (C=O) groups is 2. The molecule has 2 aliphatic heterocycles. The van der Waals surface area contributed by atoms with Gasteiger partial charge in [-0.05, 0) is 51.3 Å². The maximum Gasteiger partial charge on any atom is 0.410 e. The third-order valence-corrected chi connectivity index (χ3v) is 6.50. The summed E-state index contributed by atoms with van der Waals surface area (Å²) >= 11 is 0. The Morgan fingerprint density at radius 1 is 0.909 bits per heavy atom. The largest absolute Gasteiger partial charge is 0.444 e. The van der Waals surface area contributed by atoms with Crippen LogP contribution in [0.5, 0.6) is 0 Å². The molecule has 1 N–H and O–H groups in total. The average Bonchev–Trinajstić information content (AvgIpc) is 3.26. The molecule has 2 fully saturated rings. The van der Waals surface area contributed by atoms with Crippen LogP contribution in [0.3, 0.4) is 0 Å². The monoisotopic (exact) mass is 449 g/mol. The first kappa shape index (κ1) is 23.1. The third-order valence-electron chi connectivity index (χ3n) is 6.50. The number of piperidine rings is 1. The summed E-state index contributed by atoms with van der Waals surface area (Å²) in [7, 11) is 0. The lowest BCUT2D eigenvalue weighted by atomic mass is 9.88. The number of ether oxygens (including phenoxy) is 1. The molecular weight excluding hydrogens is 414 g/mol. The van der Waals surface area contributed by atoms with E-state index < -0.39 is 5.60 Å². The summed E-state index contributed by atoms with van der Waals surface area (Å²) in [4.78, 5) is 30.2. The lowest BCUT2D eigenvalue weighted by Gasteiger charge is -2.34. The molecule has 4 rings (SSSR count). The van der Waals surface area contributed by atoms with Crippen LogP contribution in [0.2, 0.25) is 0 Å². The zero-order valence-electron chi connectivity index (χ0n) is 19.9. The van der Waals surface area contributed by atoms with E-state index in [-0.39, 0.29) is 29.9 Å². The van der Waals surface area contributed by atoms with Crippen LogP contribution in [0.25, 0.3) is 0 Å². The van der Waals surface area contributed by atoms with Gasteiger partial charge in [0.15, 0.2) is 0 Å². The van der Waals surface area contributed by atoms with Gasteiger partial charge in [0.05, 0.1) is 5.92 Å². The highest BCUT2D eigenvalue weighted by molar-refractivity contribution is 5.82. The van der Waals surface area contributed by atoms with Crippen molar-refractivity contribution in [1.82, 2.24) is 10.2 Å². The summed E-state index contributed by atoms with van der Waals surface area (Å²) in [5, 5.41) is 3.30. The van der Waals surface area contributed by atoms with Gasteiger partial charge < -0.3 is 19.9 Å². The lowest BCUT2D eigenvalue weighted by molar-refractivity contribution is -0.125. The highest BCUT2D eigenvalue weighted by Crippen LogP contribution is 2.34. The number of nitrogens with one attached hydrogen (secondary N) is 1. The van der Waals surface area contributed by atoms with Gasteiger partial charge in [0.25, 0.3) is 0 Å². The van der Waals surface area contributed by atoms with Crippen LogP contribution in [-0.2, 0) is 9.53 Å². The first-order chi connectivity index (χ1) is 15.8. The molecule has 176 valence electrons. The molecule has 0 bridgehead atoms. The summed E-state index contributed by atoms with van der Waals surface area (Å²) in [5.41, 5.74) is 1.75. The van der Waals surface area contributed by atoms with E-state index in [0.29, 0.717) is 13.1 Å². The zero-order valence-corrected chi connectivity index (χ0v) is 19.9. The number of para-hydroxylation sites is 1. The topological polar surface area (TPSA) is 61.9 Å². The lowest BCUT2D eigenvalue weighted by Crippen LogP contribution is -2.47. The Morgan fingerprint density at radius 3 is 2.12 bits per heavy atom. The molecule has 0 aliphatic carbocycles. The van der Waals surface area contributed by atoms with E-state index >= 15 is 0 Å². The summed E-state index contributed by atoms with van der Waals surface area (Å²) in [6.07, 6.45) is 1.48. The molecule has 2 saturated heterocycles. The van der Waals surface area contributed by atoms with Crippen molar-refractivity contribution in [3.63, 3.8) is 0 Å². The molecule has 0 spiro atoms. The van der Waals surface area contributed by atoms with E-state index in [9.17, 15) is 9.59 Å². The highest BCUT2D eigenvalue weighted by atomic mass is 16.6. The SMILES string of the molecule is CC(C)(C)OC(=O)N1C[C@@H](C(=O)NC2CCN(c3ccccc3)CC2)[C@H](c2ccccc2)C1. The van der Waals surface area contributed by atoms with Crippen LogP contribution in [0, 0.1) is 5.92 Å². The molecule has 0 aromatic heterocycles. The minimum absolute atomic E-state index is 0.0353. The van der Waals surface area contributed by atoms with Gasteiger partial charge in [0.1, 0.15) is 5.60 Å². The standard InChI is InChI=1S/C27H35N3O3/c1-27(2,3)33-26(32)30-18-23(20-10-6-4-7-11-20)24(19-30)25(31)28-21-14-16-29(17-15-21)22-12-8-5-9-13-22/h4-13,21,23-24H,14-19H2,1-3H3,(H,28,31)/t23-,24+/m0/s1. The van der Waals surface area contributed by atoms with Crippen molar-refractivity contribution in [2.24, 2.45) is 5.92 Å². The Kier molecular flexibility index (Phi) is 6.91. The van der Waals surface area contributed by atoms with Gasteiger partial charge >= 0.3 is 6.09 Å². The first-order valence-corrected chi connectivity index (χ1v) is 11.9. The van der Waals surface area contributed by atoms with Crippen LogP contribution in [0.4, 0.5) is 10.5 Å². The van der Waals surface area contributed by atoms with Gasteiger partial charge in [0, 0.05) is 43.8 Å². The fraction of sp³-hybridized carbons (Fsp3) is 0.481. The maximum atomic E-state index is 13.4. The Hall–Kier alpha value is -3.02. The smallest absolute Gasteiger partial charge is 0.410 e. The Labute approximate surface area is 196 Å². The predicted octanol–water partition coefficient (Wildman–Crippen LogP) is 4.42. The quantitative estimate of drug-likeness (QED) is 0.751. The van der Waals surface area contributed by atoms with E-state index in [0.717, 1.165) is 31.5 Å². The van der Waals surface area contributed by atoms with E-state index in [1.165, 1.54) is 5.69 Å². The van der Waals surface area contributed by atoms with Crippen molar-refractivity contribution in [1.29, 1.82) is 0 Å². The Morgan fingerprint density at radius 2 is 1.52 bits per heavy atom. The van der Waals surface area contributed by atoms with Crippen molar-refractivity contribution >= 4 is 17.7 Å². The second kappa shape index (κ2) is 9.86. The normalized spacial score (nSPS) is 21.7.